The van der Waals surface area contributed by atoms with E-state index in [2.05, 4.69) is 15.1 Å². The molecule has 15 heavy (non-hydrogen) atoms. The SMILES string of the molecule is Cc1csc(Cc2noc([C@H](C)N)n2)n1. The van der Waals surface area contributed by atoms with E-state index in [1.54, 1.807) is 11.3 Å². The lowest BCUT2D eigenvalue weighted by molar-refractivity contribution is 0.357. The minimum absolute atomic E-state index is 0.218. The summed E-state index contributed by atoms with van der Waals surface area (Å²) < 4.78 is 5.00. The van der Waals surface area contributed by atoms with E-state index in [4.69, 9.17) is 10.3 Å². The standard InChI is InChI=1S/C9H12N4OS/c1-5-4-15-8(11-5)3-7-12-9(6(2)10)14-13-7/h4,6H,3,10H2,1-2H3/t6-/m0/s1. The molecule has 2 aromatic rings. The number of hydrogen-bond acceptors (Lipinski definition) is 6. The maximum atomic E-state index is 5.62. The van der Waals surface area contributed by atoms with Crippen LogP contribution in [0.2, 0.25) is 0 Å². The molecule has 0 saturated carbocycles. The van der Waals surface area contributed by atoms with Gasteiger partial charge in [0.05, 0.1) is 12.5 Å². The topological polar surface area (TPSA) is 77.8 Å². The zero-order chi connectivity index (χ0) is 10.8. The van der Waals surface area contributed by atoms with Gasteiger partial charge in [-0.25, -0.2) is 4.98 Å². The predicted molar refractivity (Wildman–Crippen MR) is 56.6 cm³/mol. The van der Waals surface area contributed by atoms with Gasteiger partial charge in [0.25, 0.3) is 0 Å². The summed E-state index contributed by atoms with van der Waals surface area (Å²) in [5.74, 6) is 1.11. The molecule has 0 aliphatic carbocycles. The van der Waals surface area contributed by atoms with Crippen molar-refractivity contribution in [2.45, 2.75) is 26.3 Å². The van der Waals surface area contributed by atoms with Crippen LogP contribution in [0, 0.1) is 6.92 Å². The van der Waals surface area contributed by atoms with Gasteiger partial charge in [-0.2, -0.15) is 4.98 Å². The first-order chi connectivity index (χ1) is 7.15. The van der Waals surface area contributed by atoms with Crippen molar-refractivity contribution >= 4 is 11.3 Å². The van der Waals surface area contributed by atoms with Crippen LogP contribution in [0.25, 0.3) is 0 Å². The smallest absolute Gasteiger partial charge is 0.243 e. The second-order valence-electron chi connectivity index (χ2n) is 3.40. The first kappa shape index (κ1) is 10.3. The lowest BCUT2D eigenvalue weighted by Gasteiger charge is -1.92. The van der Waals surface area contributed by atoms with Gasteiger partial charge in [-0.05, 0) is 13.8 Å². The summed E-state index contributed by atoms with van der Waals surface area (Å²) in [4.78, 5) is 8.50. The van der Waals surface area contributed by atoms with Crippen LogP contribution < -0.4 is 5.73 Å². The monoisotopic (exact) mass is 224 g/mol. The molecule has 2 rings (SSSR count). The van der Waals surface area contributed by atoms with E-state index in [0.29, 0.717) is 18.1 Å². The molecule has 2 heterocycles. The van der Waals surface area contributed by atoms with Crippen molar-refractivity contribution in [1.82, 2.24) is 15.1 Å². The molecule has 0 aliphatic heterocycles. The maximum Gasteiger partial charge on any atom is 0.243 e. The molecular formula is C9H12N4OS. The Morgan fingerprint density at radius 3 is 2.87 bits per heavy atom. The van der Waals surface area contributed by atoms with Crippen LogP contribution in [-0.4, -0.2) is 15.1 Å². The van der Waals surface area contributed by atoms with Gasteiger partial charge in [-0.15, -0.1) is 11.3 Å². The first-order valence-electron chi connectivity index (χ1n) is 4.64. The van der Waals surface area contributed by atoms with E-state index in [0.717, 1.165) is 10.7 Å². The van der Waals surface area contributed by atoms with E-state index < -0.39 is 0 Å². The fourth-order valence-corrected chi connectivity index (χ4v) is 1.91. The van der Waals surface area contributed by atoms with Crippen molar-refractivity contribution < 1.29 is 4.52 Å². The molecule has 2 aromatic heterocycles. The number of rotatable bonds is 3. The molecule has 80 valence electrons. The number of aromatic nitrogens is 3. The van der Waals surface area contributed by atoms with E-state index in [9.17, 15) is 0 Å². The molecule has 1 atom stereocenters. The molecule has 0 radical (unpaired) electrons. The molecule has 0 aromatic carbocycles. The van der Waals surface area contributed by atoms with Gasteiger partial charge in [-0.1, -0.05) is 5.16 Å². The maximum absolute atomic E-state index is 5.62. The van der Waals surface area contributed by atoms with Crippen LogP contribution in [-0.2, 0) is 6.42 Å². The molecule has 6 heteroatoms. The summed E-state index contributed by atoms with van der Waals surface area (Å²) in [5, 5.41) is 6.83. The normalized spacial score (nSPS) is 13.0. The largest absolute Gasteiger partial charge is 0.338 e. The Balaban J connectivity index is 2.11. The van der Waals surface area contributed by atoms with Crippen molar-refractivity contribution in [1.29, 1.82) is 0 Å². The van der Waals surface area contributed by atoms with Gasteiger partial charge in [0.2, 0.25) is 5.89 Å². The fraction of sp³-hybridized carbons (Fsp3) is 0.444. The summed E-state index contributed by atoms with van der Waals surface area (Å²) >= 11 is 1.60. The van der Waals surface area contributed by atoms with Crippen molar-refractivity contribution in [3.8, 4) is 0 Å². The number of aryl methyl sites for hydroxylation is 1. The molecule has 0 saturated heterocycles. The summed E-state index contributed by atoms with van der Waals surface area (Å²) in [6.45, 7) is 3.77. The van der Waals surface area contributed by atoms with E-state index in [1.807, 2.05) is 19.2 Å². The fourth-order valence-electron chi connectivity index (χ4n) is 1.14. The summed E-state index contributed by atoms with van der Waals surface area (Å²) in [6, 6.07) is -0.218. The average Bonchev–Trinajstić information content (AvgIpc) is 2.76. The average molecular weight is 224 g/mol. The van der Waals surface area contributed by atoms with Crippen LogP contribution >= 0.6 is 11.3 Å². The zero-order valence-electron chi connectivity index (χ0n) is 8.60. The van der Waals surface area contributed by atoms with Crippen molar-refractivity contribution in [3.63, 3.8) is 0 Å². The van der Waals surface area contributed by atoms with Crippen molar-refractivity contribution in [3.05, 3.63) is 27.8 Å². The second-order valence-corrected chi connectivity index (χ2v) is 4.34. The van der Waals surface area contributed by atoms with E-state index in [-0.39, 0.29) is 6.04 Å². The third-order valence-corrected chi connectivity index (χ3v) is 2.82. The van der Waals surface area contributed by atoms with Gasteiger partial charge >= 0.3 is 0 Å². The number of hydrogen-bond donors (Lipinski definition) is 1. The van der Waals surface area contributed by atoms with Gasteiger partial charge in [0.1, 0.15) is 5.01 Å². The van der Waals surface area contributed by atoms with Crippen LogP contribution in [0.1, 0.15) is 35.4 Å². The molecule has 2 N–H and O–H groups in total. The highest BCUT2D eigenvalue weighted by Crippen LogP contribution is 2.13. The quantitative estimate of drug-likeness (QED) is 0.853. The molecule has 0 spiro atoms. The molecule has 0 unspecified atom stereocenters. The van der Waals surface area contributed by atoms with E-state index >= 15 is 0 Å². The Morgan fingerprint density at radius 1 is 1.53 bits per heavy atom. The van der Waals surface area contributed by atoms with Crippen molar-refractivity contribution in [2.24, 2.45) is 5.73 Å². The minimum Gasteiger partial charge on any atom is -0.338 e. The van der Waals surface area contributed by atoms with Gasteiger partial charge in [-0.3, -0.25) is 0 Å². The Kier molecular flexibility index (Phi) is 2.79. The Morgan fingerprint density at radius 2 is 2.33 bits per heavy atom. The minimum atomic E-state index is -0.218. The Bertz CT molecular complexity index is 448. The number of nitrogens with zero attached hydrogens (tertiary/aromatic N) is 3. The third kappa shape index (κ3) is 2.40. The first-order valence-corrected chi connectivity index (χ1v) is 5.52. The van der Waals surface area contributed by atoms with Crippen LogP contribution in [0.15, 0.2) is 9.90 Å². The second kappa shape index (κ2) is 4.08. The highest BCUT2D eigenvalue weighted by atomic mass is 32.1. The number of thiazole rings is 1. The molecule has 0 aliphatic rings. The zero-order valence-corrected chi connectivity index (χ0v) is 9.41. The molecule has 0 bridgehead atoms. The van der Waals surface area contributed by atoms with E-state index in [1.165, 1.54) is 0 Å². The highest BCUT2D eigenvalue weighted by Gasteiger charge is 2.11. The molecule has 0 amide bonds. The third-order valence-electron chi connectivity index (χ3n) is 1.85. The highest BCUT2D eigenvalue weighted by molar-refractivity contribution is 7.09. The summed E-state index contributed by atoms with van der Waals surface area (Å²) in [7, 11) is 0. The van der Waals surface area contributed by atoms with Gasteiger partial charge < -0.3 is 10.3 Å². The van der Waals surface area contributed by atoms with Crippen molar-refractivity contribution in [2.75, 3.05) is 0 Å². The lowest BCUT2D eigenvalue weighted by Crippen LogP contribution is -2.05. The Labute approximate surface area is 91.3 Å². The predicted octanol–water partition coefficient (Wildman–Crippen LogP) is 1.45. The van der Waals surface area contributed by atoms with Gasteiger partial charge in [0, 0.05) is 11.1 Å². The molecule has 0 fully saturated rings. The molecule has 5 nitrogen and oxygen atoms in total. The van der Waals surface area contributed by atoms with Crippen LogP contribution in [0.5, 0.6) is 0 Å². The molecular weight excluding hydrogens is 212 g/mol. The Hall–Kier alpha value is -1.27. The lowest BCUT2D eigenvalue weighted by atomic mass is 10.3. The summed E-state index contributed by atoms with van der Waals surface area (Å²) in [6.07, 6.45) is 0.606. The van der Waals surface area contributed by atoms with Gasteiger partial charge in [0.15, 0.2) is 5.82 Å². The van der Waals surface area contributed by atoms with Crippen LogP contribution in [0.4, 0.5) is 0 Å². The number of nitrogens with two attached hydrogens (primary N) is 1. The summed E-state index contributed by atoms with van der Waals surface area (Å²) in [5.41, 5.74) is 6.63. The van der Waals surface area contributed by atoms with Crippen LogP contribution in [0.3, 0.4) is 0 Å².